The lowest BCUT2D eigenvalue weighted by Gasteiger charge is -2.32. The average Bonchev–Trinajstić information content (AvgIpc) is 1.74. The number of rotatable bonds is 14. The molecule has 0 amide bonds. The SMILES string of the molecule is CC1(C)OB(c2cccc(-c3nc(-c4cccc(-c5cccc6ccccc56)c4)c4ccc(-c5cc(B6OC(C)(C)C(C)(C)O6)cc(-c6nc(-c7cccc(-c8ccc9ccccc9c8)c7)c7ccc(-c8cc(B9OC(C)(C)C(C)(C)O9)cc(-c9nc(-c%10cccc(-c%11ccccc%11)c%10)c%10ccccc%10n9)c8)cc7n6)c5)cc4n3)c2)OC1(C)C. The van der Waals surface area contributed by atoms with Crippen LogP contribution in [-0.2, 0) is 27.9 Å². The van der Waals surface area contributed by atoms with Gasteiger partial charge in [-0.2, -0.15) is 0 Å². The van der Waals surface area contributed by atoms with E-state index in [2.05, 4.69) is 374 Å². The van der Waals surface area contributed by atoms with Crippen molar-refractivity contribution < 1.29 is 27.9 Å². The van der Waals surface area contributed by atoms with Crippen molar-refractivity contribution in [3.63, 3.8) is 0 Å². The minimum Gasteiger partial charge on any atom is -0.399 e. The Balaban J connectivity index is 0.776. The summed E-state index contributed by atoms with van der Waals surface area (Å²) in [6.45, 7) is 25.0. The normalized spacial score (nSPS) is 16.4. The van der Waals surface area contributed by atoms with Gasteiger partial charge in [0.15, 0.2) is 17.5 Å². The largest absolute Gasteiger partial charge is 0.494 e. The smallest absolute Gasteiger partial charge is 0.399 e. The molecule has 12 nitrogen and oxygen atoms in total. The first-order chi connectivity index (χ1) is 57.3. The first-order valence-corrected chi connectivity index (χ1v) is 41.0. The van der Waals surface area contributed by atoms with E-state index in [0.717, 1.165) is 161 Å². The number of para-hydroxylation sites is 1. The second-order valence-corrected chi connectivity index (χ2v) is 34.9. The topological polar surface area (TPSA) is 133 Å². The quantitative estimate of drug-likeness (QED) is 0.0960. The lowest BCUT2D eigenvalue weighted by Crippen LogP contribution is -2.41. The van der Waals surface area contributed by atoms with Crippen LogP contribution in [0.4, 0.5) is 0 Å². The standard InChI is InChI=1S/C104H87B3N6O6/c1-99(2)100(3,4)115-105(114-99)82-40-25-39-77(57-82)96-109-91-62-71(47-49-88(91)95(111-96)76-38-24-35-73(54-76)86-43-26-32-66-30-18-19-41-85(66)86)79-56-81(61-84(59-79)107-118-103(9,10)104(11,12)119-107)98-110-92-63-72(48-50-89(92)94(113-98)75-37-23-34-69(53-75)70-46-45-65-29-16-17-31-67(65)51-70)78-55-80(60-83(58-78)106-116-101(5,6)102(7,8)117-106)97-108-90-44-21-20-42-87(90)93(112-97)74-36-22-33-68(52-74)64-27-14-13-15-28-64/h13-63H,1-12H3. The minimum absolute atomic E-state index is 0.501. The maximum atomic E-state index is 7.03. The molecule has 0 aliphatic carbocycles. The fraction of sp³-hybridized carbons (Fsp3) is 0.173. The monoisotopic (exact) mass is 1550 g/mol. The van der Waals surface area contributed by atoms with E-state index < -0.39 is 55.0 Å². The van der Waals surface area contributed by atoms with E-state index in [4.69, 9.17) is 57.8 Å². The van der Waals surface area contributed by atoms with Crippen LogP contribution in [0, 0.1) is 0 Å². The fourth-order valence-corrected chi connectivity index (χ4v) is 16.7. The molecule has 0 radical (unpaired) electrons. The van der Waals surface area contributed by atoms with Crippen molar-refractivity contribution in [3.8, 4) is 124 Å². The van der Waals surface area contributed by atoms with Crippen LogP contribution in [0.25, 0.3) is 178 Å². The van der Waals surface area contributed by atoms with Gasteiger partial charge in [0.2, 0.25) is 0 Å². The van der Waals surface area contributed by atoms with Crippen LogP contribution in [0.2, 0.25) is 0 Å². The van der Waals surface area contributed by atoms with Crippen molar-refractivity contribution in [1.82, 2.24) is 29.9 Å². The third-order valence-electron chi connectivity index (χ3n) is 25.5. The van der Waals surface area contributed by atoms with Gasteiger partial charge in [0, 0.05) is 49.5 Å². The zero-order valence-electron chi connectivity index (χ0n) is 68.8. The summed E-state index contributed by atoms with van der Waals surface area (Å²) in [5.41, 5.74) is 18.9. The molecule has 0 bridgehead atoms. The maximum absolute atomic E-state index is 7.03. The summed E-state index contributed by atoms with van der Waals surface area (Å²) in [6.07, 6.45) is 0. The summed E-state index contributed by atoms with van der Waals surface area (Å²) in [4.78, 5) is 33.6. The average molecular weight is 1550 g/mol. The number of nitrogens with zero attached hydrogens (tertiary/aromatic N) is 6. The molecule has 0 atom stereocenters. The van der Waals surface area contributed by atoms with Crippen LogP contribution < -0.4 is 16.4 Å². The second-order valence-electron chi connectivity index (χ2n) is 34.9. The van der Waals surface area contributed by atoms with Crippen LogP contribution in [0.1, 0.15) is 83.1 Å². The van der Waals surface area contributed by atoms with Gasteiger partial charge in [-0.3, -0.25) is 0 Å². The molecule has 3 aliphatic heterocycles. The molecule has 0 N–H and O–H groups in total. The highest BCUT2D eigenvalue weighted by Gasteiger charge is 2.54. The van der Waals surface area contributed by atoms with E-state index in [1.54, 1.807) is 0 Å². The van der Waals surface area contributed by atoms with Gasteiger partial charge in [-0.15, -0.1) is 0 Å². The number of hydrogen-bond donors (Lipinski definition) is 0. The highest BCUT2D eigenvalue weighted by atomic mass is 16.7. The van der Waals surface area contributed by atoms with Crippen molar-refractivity contribution in [2.24, 2.45) is 0 Å². The van der Waals surface area contributed by atoms with E-state index in [9.17, 15) is 0 Å². The number of hydrogen-bond acceptors (Lipinski definition) is 12. The van der Waals surface area contributed by atoms with Crippen molar-refractivity contribution in [2.45, 2.75) is 117 Å². The zero-order chi connectivity index (χ0) is 81.5. The Hall–Kier alpha value is -12.4. The van der Waals surface area contributed by atoms with Gasteiger partial charge in [-0.25, -0.2) is 29.9 Å². The molecule has 14 aromatic carbocycles. The molecule has 3 saturated heterocycles. The molecule has 0 spiro atoms. The fourth-order valence-electron chi connectivity index (χ4n) is 16.7. The van der Waals surface area contributed by atoms with Gasteiger partial charge < -0.3 is 27.9 Å². The molecular formula is C104H87B3N6O6. The molecule has 3 aromatic heterocycles. The van der Waals surface area contributed by atoms with Gasteiger partial charge in [0.1, 0.15) is 0 Å². The summed E-state index contributed by atoms with van der Waals surface area (Å²) < 4.78 is 41.2. The molecule has 3 aliphatic rings. The van der Waals surface area contributed by atoms with E-state index in [-0.39, 0.29) is 0 Å². The Kier molecular flexibility index (Phi) is 18.2. The third-order valence-corrected chi connectivity index (χ3v) is 25.5. The second kappa shape index (κ2) is 28.7. The molecule has 6 heterocycles. The summed E-state index contributed by atoms with van der Waals surface area (Å²) in [5, 5.41) is 7.38. The van der Waals surface area contributed by atoms with Crippen LogP contribution in [0.5, 0.6) is 0 Å². The Labute approximate surface area is 695 Å². The first-order valence-electron chi connectivity index (χ1n) is 41.0. The van der Waals surface area contributed by atoms with Crippen LogP contribution >= 0.6 is 0 Å². The van der Waals surface area contributed by atoms with Crippen LogP contribution in [-0.4, -0.2) is 84.9 Å². The predicted molar refractivity (Wildman–Crippen MR) is 488 cm³/mol. The Bertz CT molecular complexity index is 6910. The molecule has 3 fully saturated rings. The number of fused-ring (bicyclic) bond motifs is 5. The summed E-state index contributed by atoms with van der Waals surface area (Å²) in [7, 11) is -2.08. The molecule has 17 aromatic rings. The van der Waals surface area contributed by atoms with Gasteiger partial charge in [-0.1, -0.05) is 243 Å². The molecule has 15 heteroatoms. The predicted octanol–water partition coefficient (Wildman–Crippen LogP) is 23.1. The van der Waals surface area contributed by atoms with E-state index in [0.29, 0.717) is 17.5 Å². The molecule has 0 unspecified atom stereocenters. The van der Waals surface area contributed by atoms with Gasteiger partial charge in [-0.05, 0) is 243 Å². The highest BCUT2D eigenvalue weighted by molar-refractivity contribution is 6.63. The maximum Gasteiger partial charge on any atom is 0.494 e. The van der Waals surface area contributed by atoms with E-state index in [1.165, 1.54) is 16.2 Å². The minimum atomic E-state index is -0.761. The van der Waals surface area contributed by atoms with Crippen LogP contribution in [0.3, 0.4) is 0 Å². The number of benzene rings is 14. The summed E-state index contributed by atoms with van der Waals surface area (Å²) in [5.74, 6) is 1.62. The van der Waals surface area contributed by atoms with Gasteiger partial charge in [0.05, 0.1) is 67.2 Å². The Morgan fingerprint density at radius 3 is 1.08 bits per heavy atom. The van der Waals surface area contributed by atoms with Crippen molar-refractivity contribution >= 4 is 92.0 Å². The molecule has 119 heavy (non-hydrogen) atoms. The van der Waals surface area contributed by atoms with Crippen LogP contribution in [0.15, 0.2) is 309 Å². The van der Waals surface area contributed by atoms with E-state index >= 15 is 0 Å². The molecular weight excluding hydrogens is 1460 g/mol. The summed E-state index contributed by atoms with van der Waals surface area (Å²) in [6, 6.07) is 109. The first kappa shape index (κ1) is 75.3. The van der Waals surface area contributed by atoms with Gasteiger partial charge in [0.25, 0.3) is 0 Å². The highest BCUT2D eigenvalue weighted by Crippen LogP contribution is 2.45. The molecule has 20 rings (SSSR count). The van der Waals surface area contributed by atoms with E-state index in [1.807, 2.05) is 18.2 Å². The summed E-state index contributed by atoms with van der Waals surface area (Å²) >= 11 is 0. The number of aromatic nitrogens is 6. The third kappa shape index (κ3) is 13.8. The van der Waals surface area contributed by atoms with Crippen molar-refractivity contribution in [1.29, 1.82) is 0 Å². The van der Waals surface area contributed by atoms with Crippen molar-refractivity contribution in [3.05, 3.63) is 309 Å². The lowest BCUT2D eigenvalue weighted by molar-refractivity contribution is 0.00578. The lowest BCUT2D eigenvalue weighted by atomic mass is 9.76. The Morgan fingerprint density at radius 2 is 0.529 bits per heavy atom. The Morgan fingerprint density at radius 1 is 0.193 bits per heavy atom. The van der Waals surface area contributed by atoms with Gasteiger partial charge >= 0.3 is 21.4 Å². The molecule has 578 valence electrons. The zero-order valence-corrected chi connectivity index (χ0v) is 68.8. The van der Waals surface area contributed by atoms with Crippen molar-refractivity contribution in [2.75, 3.05) is 0 Å². The molecule has 0 saturated carbocycles.